The summed E-state index contributed by atoms with van der Waals surface area (Å²) in [5, 5.41) is 6.79. The SMILES string of the molecule is Cc1ccc(S(=O)(=O)NC(=O)c2nnn(C3CC3)c2C(F)F)cc1C(F)(F)F. The molecule has 7 nitrogen and oxygen atoms in total. The monoisotopic (exact) mass is 424 g/mol. The number of aromatic nitrogens is 3. The molecule has 3 rings (SSSR count). The van der Waals surface area contributed by atoms with Gasteiger partial charge in [-0.1, -0.05) is 11.3 Å². The van der Waals surface area contributed by atoms with Crippen molar-refractivity contribution < 1.29 is 35.2 Å². The van der Waals surface area contributed by atoms with Gasteiger partial charge in [-0.3, -0.25) is 4.79 Å². The summed E-state index contributed by atoms with van der Waals surface area (Å²) in [5.74, 6) is -1.50. The van der Waals surface area contributed by atoms with Crippen LogP contribution in [0, 0.1) is 6.92 Å². The minimum Gasteiger partial charge on any atom is -0.266 e. The lowest BCUT2D eigenvalue weighted by Gasteiger charge is -2.13. The normalized spacial score (nSPS) is 15.1. The van der Waals surface area contributed by atoms with Crippen LogP contribution in [0.5, 0.6) is 0 Å². The van der Waals surface area contributed by atoms with E-state index in [0.29, 0.717) is 18.9 Å². The minimum absolute atomic E-state index is 0.217. The highest BCUT2D eigenvalue weighted by atomic mass is 32.2. The van der Waals surface area contributed by atoms with E-state index in [9.17, 15) is 35.2 Å². The number of nitrogens with zero attached hydrogens (tertiary/aromatic N) is 3. The van der Waals surface area contributed by atoms with Gasteiger partial charge in [0.05, 0.1) is 16.5 Å². The fraction of sp³-hybridized carbons (Fsp3) is 0.400. The van der Waals surface area contributed by atoms with Crippen molar-refractivity contribution in [1.29, 1.82) is 0 Å². The Balaban J connectivity index is 1.92. The molecular weight excluding hydrogens is 411 g/mol. The first-order chi connectivity index (χ1) is 12.9. The van der Waals surface area contributed by atoms with Crippen LogP contribution in [0.25, 0.3) is 0 Å². The van der Waals surface area contributed by atoms with Crippen LogP contribution in [0.2, 0.25) is 0 Å². The molecule has 1 aliphatic rings. The first kappa shape index (κ1) is 20.2. The Kier molecular flexibility index (Phi) is 4.89. The average molecular weight is 424 g/mol. The van der Waals surface area contributed by atoms with Gasteiger partial charge in [-0.2, -0.15) is 13.2 Å². The van der Waals surface area contributed by atoms with Crippen LogP contribution in [0.3, 0.4) is 0 Å². The lowest BCUT2D eigenvalue weighted by molar-refractivity contribution is -0.138. The van der Waals surface area contributed by atoms with Gasteiger partial charge < -0.3 is 0 Å². The average Bonchev–Trinajstić information content (AvgIpc) is 3.31. The maximum Gasteiger partial charge on any atom is 0.416 e. The molecule has 1 aliphatic carbocycles. The van der Waals surface area contributed by atoms with E-state index in [1.807, 2.05) is 0 Å². The Hall–Kier alpha value is -2.57. The molecule has 2 aromatic rings. The second kappa shape index (κ2) is 6.79. The van der Waals surface area contributed by atoms with Gasteiger partial charge in [-0.15, -0.1) is 5.10 Å². The maximum absolute atomic E-state index is 13.3. The number of carbonyl (C=O) groups excluding carboxylic acids is 1. The Labute approximate surface area is 155 Å². The molecule has 0 aliphatic heterocycles. The predicted octanol–water partition coefficient (Wildman–Crippen LogP) is 3.00. The molecule has 13 heteroatoms. The number of carbonyl (C=O) groups is 1. The van der Waals surface area contributed by atoms with E-state index in [0.717, 1.165) is 23.7 Å². The second-order valence-corrected chi connectivity index (χ2v) is 7.89. The number of amides is 1. The molecule has 28 heavy (non-hydrogen) atoms. The molecule has 0 unspecified atom stereocenters. The van der Waals surface area contributed by atoms with E-state index in [1.54, 1.807) is 0 Å². The number of alkyl halides is 5. The first-order valence-corrected chi connectivity index (χ1v) is 9.38. The first-order valence-electron chi connectivity index (χ1n) is 7.90. The highest BCUT2D eigenvalue weighted by molar-refractivity contribution is 7.90. The lowest BCUT2D eigenvalue weighted by atomic mass is 10.1. The fourth-order valence-corrected chi connectivity index (χ4v) is 3.54. The molecule has 0 spiro atoms. The molecule has 0 saturated heterocycles. The van der Waals surface area contributed by atoms with Crippen molar-refractivity contribution in [3.05, 3.63) is 40.7 Å². The van der Waals surface area contributed by atoms with Crippen LogP contribution < -0.4 is 4.72 Å². The molecular formula is C15H13F5N4O3S. The Morgan fingerprint density at radius 2 is 1.93 bits per heavy atom. The van der Waals surface area contributed by atoms with Crippen LogP contribution in [0.15, 0.2) is 23.1 Å². The van der Waals surface area contributed by atoms with Crippen molar-refractivity contribution in [3.63, 3.8) is 0 Å². The standard InChI is InChI=1S/C15H13F5N4O3S/c1-7-2-5-9(6-10(7)15(18,19)20)28(26,27)22-14(25)11-12(13(16)17)24(23-21-11)8-3-4-8/h2,5-6,8,13H,3-4H2,1H3,(H,22,25). The van der Waals surface area contributed by atoms with E-state index in [4.69, 9.17) is 0 Å². The van der Waals surface area contributed by atoms with Crippen molar-refractivity contribution in [2.45, 2.75) is 43.3 Å². The third kappa shape index (κ3) is 3.84. The largest absolute Gasteiger partial charge is 0.416 e. The molecule has 1 N–H and O–H groups in total. The molecule has 152 valence electrons. The van der Waals surface area contributed by atoms with Crippen LogP contribution in [-0.2, 0) is 16.2 Å². The Bertz CT molecular complexity index is 1030. The molecule has 1 amide bonds. The zero-order valence-electron chi connectivity index (χ0n) is 14.2. The summed E-state index contributed by atoms with van der Waals surface area (Å²) in [7, 11) is -4.77. The van der Waals surface area contributed by atoms with Crippen LogP contribution >= 0.6 is 0 Å². The number of nitrogens with one attached hydrogen (secondary N) is 1. The van der Waals surface area contributed by atoms with Crippen LogP contribution in [0.4, 0.5) is 22.0 Å². The summed E-state index contributed by atoms with van der Waals surface area (Å²) in [6.07, 6.45) is -6.83. The van der Waals surface area contributed by atoms with Gasteiger partial charge in [0.15, 0.2) is 5.69 Å². The lowest BCUT2D eigenvalue weighted by Crippen LogP contribution is -2.32. The summed E-state index contributed by atoms with van der Waals surface area (Å²) in [6.45, 7) is 1.14. The second-order valence-electron chi connectivity index (χ2n) is 6.21. The molecule has 0 atom stereocenters. The maximum atomic E-state index is 13.3. The number of halogens is 5. The van der Waals surface area contributed by atoms with E-state index in [1.165, 1.54) is 4.72 Å². The zero-order chi connectivity index (χ0) is 20.9. The summed E-state index contributed by atoms with van der Waals surface area (Å²) in [6, 6.07) is 1.81. The van der Waals surface area contributed by atoms with Gasteiger partial charge >= 0.3 is 6.18 Å². The van der Waals surface area contributed by atoms with Gasteiger partial charge in [-0.05, 0) is 37.5 Å². The van der Waals surface area contributed by atoms with E-state index in [-0.39, 0.29) is 11.6 Å². The van der Waals surface area contributed by atoms with Crippen molar-refractivity contribution in [3.8, 4) is 0 Å². The van der Waals surface area contributed by atoms with Crippen LogP contribution in [-0.4, -0.2) is 29.3 Å². The van der Waals surface area contributed by atoms with Gasteiger partial charge in [0, 0.05) is 0 Å². The predicted molar refractivity (Wildman–Crippen MR) is 84.1 cm³/mol. The summed E-state index contributed by atoms with van der Waals surface area (Å²) >= 11 is 0. The molecule has 1 aromatic heterocycles. The number of hydrogen-bond donors (Lipinski definition) is 1. The fourth-order valence-electron chi connectivity index (χ4n) is 2.56. The number of aryl methyl sites for hydroxylation is 1. The van der Waals surface area contributed by atoms with Crippen molar-refractivity contribution in [2.75, 3.05) is 0 Å². The van der Waals surface area contributed by atoms with Crippen LogP contribution in [0.1, 0.15) is 52.6 Å². The zero-order valence-corrected chi connectivity index (χ0v) is 15.0. The van der Waals surface area contributed by atoms with E-state index < -0.39 is 50.4 Å². The quantitative estimate of drug-likeness (QED) is 0.745. The van der Waals surface area contributed by atoms with Gasteiger partial charge in [0.1, 0.15) is 5.69 Å². The highest BCUT2D eigenvalue weighted by Gasteiger charge is 2.37. The smallest absolute Gasteiger partial charge is 0.266 e. The van der Waals surface area contributed by atoms with Gasteiger partial charge in [0.25, 0.3) is 22.4 Å². The van der Waals surface area contributed by atoms with Crippen molar-refractivity contribution in [1.82, 2.24) is 19.7 Å². The molecule has 1 aromatic carbocycles. The van der Waals surface area contributed by atoms with E-state index in [2.05, 4.69) is 10.3 Å². The Morgan fingerprint density at radius 1 is 1.29 bits per heavy atom. The number of hydrogen-bond acceptors (Lipinski definition) is 5. The number of rotatable bonds is 5. The number of benzene rings is 1. The van der Waals surface area contributed by atoms with Crippen molar-refractivity contribution >= 4 is 15.9 Å². The molecule has 0 bridgehead atoms. The summed E-state index contributed by atoms with van der Waals surface area (Å²) in [4.78, 5) is 11.4. The van der Waals surface area contributed by atoms with E-state index >= 15 is 0 Å². The summed E-state index contributed by atoms with van der Waals surface area (Å²) < 4.78 is 92.5. The third-order valence-corrected chi connectivity index (χ3v) is 5.43. The van der Waals surface area contributed by atoms with Crippen molar-refractivity contribution in [2.24, 2.45) is 0 Å². The molecule has 0 radical (unpaired) electrons. The number of sulfonamides is 1. The summed E-state index contributed by atoms with van der Waals surface area (Å²) in [5.41, 5.74) is -3.15. The third-order valence-electron chi connectivity index (χ3n) is 4.10. The highest BCUT2D eigenvalue weighted by Crippen LogP contribution is 2.38. The van der Waals surface area contributed by atoms with Gasteiger partial charge in [-0.25, -0.2) is 26.6 Å². The Morgan fingerprint density at radius 3 is 2.46 bits per heavy atom. The minimum atomic E-state index is -4.81. The molecule has 1 fully saturated rings. The molecule has 1 heterocycles. The van der Waals surface area contributed by atoms with Gasteiger partial charge in [0.2, 0.25) is 0 Å². The topological polar surface area (TPSA) is 93.9 Å². The molecule has 1 saturated carbocycles.